The van der Waals surface area contributed by atoms with Crippen LogP contribution in [0.3, 0.4) is 0 Å². The topological polar surface area (TPSA) is 70.9 Å². The Morgan fingerprint density at radius 3 is 2.93 bits per heavy atom. The lowest BCUT2D eigenvalue weighted by Crippen LogP contribution is -2.12. The molecule has 0 spiro atoms. The van der Waals surface area contributed by atoms with E-state index in [1.807, 2.05) is 0 Å². The van der Waals surface area contributed by atoms with Crippen molar-refractivity contribution < 1.29 is 14.7 Å². The number of carbonyl (C=O) groups is 1. The van der Waals surface area contributed by atoms with E-state index in [0.717, 1.165) is 10.7 Å². The van der Waals surface area contributed by atoms with Gasteiger partial charge in [0.15, 0.2) is 0 Å². The zero-order chi connectivity index (χ0) is 11.3. The molecule has 0 aliphatic rings. The Balaban J connectivity index is 2.79. The van der Waals surface area contributed by atoms with E-state index in [9.17, 15) is 4.79 Å². The number of amides is 1. The minimum atomic E-state index is -0.505. The van der Waals surface area contributed by atoms with Crippen molar-refractivity contribution in [1.29, 1.82) is 0 Å². The minimum Gasteiger partial charge on any atom is -0.496 e. The van der Waals surface area contributed by atoms with Crippen molar-refractivity contribution in [2.24, 2.45) is 5.16 Å². The van der Waals surface area contributed by atoms with Gasteiger partial charge in [-0.25, -0.2) is 0 Å². The second kappa shape index (κ2) is 5.35. The maximum Gasteiger partial charge on any atom is 0.270 e. The summed E-state index contributed by atoms with van der Waals surface area (Å²) in [5, 5.41) is 13.2. The number of rotatable bonds is 3. The summed E-state index contributed by atoms with van der Waals surface area (Å²) in [4.78, 5) is 11.0. The summed E-state index contributed by atoms with van der Waals surface area (Å²) < 4.78 is 5.75. The number of halogens is 1. The van der Waals surface area contributed by atoms with Crippen LogP contribution >= 0.6 is 15.9 Å². The van der Waals surface area contributed by atoms with Crippen molar-refractivity contribution in [3.05, 3.63) is 22.7 Å². The molecule has 1 aromatic carbocycles. The summed E-state index contributed by atoms with van der Waals surface area (Å²) in [6.45, 7) is 0. The summed E-state index contributed by atoms with van der Waals surface area (Å²) in [5.41, 5.74) is 0.576. The van der Waals surface area contributed by atoms with Gasteiger partial charge in [-0.05, 0) is 34.1 Å². The highest BCUT2D eigenvalue weighted by atomic mass is 79.9. The van der Waals surface area contributed by atoms with Crippen molar-refractivity contribution in [2.75, 3.05) is 12.4 Å². The van der Waals surface area contributed by atoms with E-state index < -0.39 is 5.91 Å². The van der Waals surface area contributed by atoms with Crippen LogP contribution in [0.5, 0.6) is 5.75 Å². The fourth-order valence-corrected chi connectivity index (χ4v) is 1.51. The second-order valence-electron chi connectivity index (χ2n) is 2.58. The van der Waals surface area contributed by atoms with Gasteiger partial charge in [0.05, 0.1) is 11.6 Å². The molecule has 0 atom stereocenters. The van der Waals surface area contributed by atoms with Crippen molar-refractivity contribution in [3.8, 4) is 5.75 Å². The summed E-state index contributed by atoms with van der Waals surface area (Å²) >= 11 is 3.28. The van der Waals surface area contributed by atoms with Gasteiger partial charge in [-0.15, -0.1) is 0 Å². The van der Waals surface area contributed by atoms with Crippen LogP contribution in [0.4, 0.5) is 5.69 Å². The molecule has 0 radical (unpaired) electrons. The lowest BCUT2D eigenvalue weighted by molar-refractivity contribution is -0.110. The van der Waals surface area contributed by atoms with E-state index in [0.29, 0.717) is 11.4 Å². The fraction of sp³-hybridized carbons (Fsp3) is 0.111. The van der Waals surface area contributed by atoms with Crippen LogP contribution in [-0.2, 0) is 4.79 Å². The van der Waals surface area contributed by atoms with Crippen molar-refractivity contribution in [2.45, 2.75) is 0 Å². The molecule has 15 heavy (non-hydrogen) atoms. The third-order valence-corrected chi connectivity index (χ3v) is 2.21. The van der Waals surface area contributed by atoms with Gasteiger partial charge >= 0.3 is 0 Å². The van der Waals surface area contributed by atoms with Gasteiger partial charge in [-0.2, -0.15) is 0 Å². The number of methoxy groups -OCH3 is 1. The highest BCUT2D eigenvalue weighted by Crippen LogP contribution is 2.27. The molecule has 1 amide bonds. The Morgan fingerprint density at radius 1 is 1.67 bits per heavy atom. The second-order valence-corrected chi connectivity index (χ2v) is 3.44. The number of nitrogens with zero attached hydrogens (tertiary/aromatic N) is 1. The van der Waals surface area contributed by atoms with Gasteiger partial charge in [0, 0.05) is 5.69 Å². The Labute approximate surface area is 94.9 Å². The molecule has 6 heteroatoms. The number of benzene rings is 1. The predicted octanol–water partition coefficient (Wildman–Crippen LogP) is 1.86. The molecule has 0 aliphatic heterocycles. The summed E-state index contributed by atoms with van der Waals surface area (Å²) in [5.74, 6) is 0.165. The van der Waals surface area contributed by atoms with Crippen LogP contribution in [0.1, 0.15) is 0 Å². The molecule has 5 nitrogen and oxygen atoms in total. The fourth-order valence-electron chi connectivity index (χ4n) is 0.971. The number of ether oxygens (including phenoxy) is 1. The van der Waals surface area contributed by atoms with E-state index in [-0.39, 0.29) is 0 Å². The van der Waals surface area contributed by atoms with E-state index in [2.05, 4.69) is 26.4 Å². The van der Waals surface area contributed by atoms with E-state index in [1.54, 1.807) is 25.3 Å². The first kappa shape index (κ1) is 11.5. The van der Waals surface area contributed by atoms with Gasteiger partial charge < -0.3 is 15.3 Å². The number of hydrogen-bond acceptors (Lipinski definition) is 4. The quantitative estimate of drug-likeness (QED) is 0.501. The third kappa shape index (κ3) is 3.25. The molecule has 0 saturated carbocycles. The minimum absolute atomic E-state index is 0.505. The van der Waals surface area contributed by atoms with Crippen LogP contribution in [0.15, 0.2) is 27.8 Å². The first-order chi connectivity index (χ1) is 7.17. The Kier molecular flexibility index (Phi) is 4.11. The molecule has 0 heterocycles. The maximum absolute atomic E-state index is 11.0. The smallest absolute Gasteiger partial charge is 0.270 e. The summed E-state index contributed by atoms with van der Waals surface area (Å²) in [6, 6.07) is 5.06. The zero-order valence-corrected chi connectivity index (χ0v) is 9.48. The van der Waals surface area contributed by atoms with Crippen molar-refractivity contribution >= 4 is 33.7 Å². The van der Waals surface area contributed by atoms with Crippen LogP contribution < -0.4 is 10.1 Å². The molecular weight excluding hydrogens is 264 g/mol. The molecule has 0 unspecified atom stereocenters. The molecule has 0 aromatic heterocycles. The Bertz CT molecular complexity index is 393. The number of anilines is 1. The maximum atomic E-state index is 11.0. The average molecular weight is 273 g/mol. The van der Waals surface area contributed by atoms with E-state index >= 15 is 0 Å². The van der Waals surface area contributed by atoms with Crippen molar-refractivity contribution in [3.63, 3.8) is 0 Å². The first-order valence-corrected chi connectivity index (χ1v) is 4.78. The Hall–Kier alpha value is -1.56. The monoisotopic (exact) mass is 272 g/mol. The lowest BCUT2D eigenvalue weighted by atomic mass is 10.3. The largest absolute Gasteiger partial charge is 0.496 e. The number of oxime groups is 1. The van der Waals surface area contributed by atoms with Crippen LogP contribution in [0.25, 0.3) is 0 Å². The number of nitrogens with one attached hydrogen (secondary N) is 1. The van der Waals surface area contributed by atoms with E-state index in [1.165, 1.54) is 0 Å². The van der Waals surface area contributed by atoms with Crippen LogP contribution in [0, 0.1) is 0 Å². The number of hydrogen-bond donors (Lipinski definition) is 2. The third-order valence-electron chi connectivity index (χ3n) is 1.59. The average Bonchev–Trinajstić information content (AvgIpc) is 2.18. The highest BCUT2D eigenvalue weighted by Gasteiger charge is 2.03. The lowest BCUT2D eigenvalue weighted by Gasteiger charge is -2.06. The molecule has 80 valence electrons. The molecule has 0 fully saturated rings. The molecule has 1 aromatic rings. The summed E-state index contributed by atoms with van der Waals surface area (Å²) in [7, 11) is 1.55. The van der Waals surface area contributed by atoms with Gasteiger partial charge in [0.25, 0.3) is 5.91 Å². The predicted molar refractivity (Wildman–Crippen MR) is 59.6 cm³/mol. The highest BCUT2D eigenvalue weighted by molar-refractivity contribution is 9.10. The normalized spacial score (nSPS) is 10.3. The van der Waals surface area contributed by atoms with Gasteiger partial charge in [-0.3, -0.25) is 4.79 Å². The molecule has 0 bridgehead atoms. The molecular formula is C9H9BrN2O3. The first-order valence-electron chi connectivity index (χ1n) is 3.99. The molecule has 1 rings (SSSR count). The van der Waals surface area contributed by atoms with Crippen LogP contribution in [-0.4, -0.2) is 24.4 Å². The van der Waals surface area contributed by atoms with Gasteiger partial charge in [0.1, 0.15) is 12.0 Å². The SMILES string of the molecule is COc1ccc(NC(=O)C=NO)cc1Br. The van der Waals surface area contributed by atoms with E-state index in [4.69, 9.17) is 9.94 Å². The van der Waals surface area contributed by atoms with Crippen LogP contribution in [0.2, 0.25) is 0 Å². The molecule has 2 N–H and O–H groups in total. The molecule has 0 aliphatic carbocycles. The molecule has 0 saturated heterocycles. The zero-order valence-electron chi connectivity index (χ0n) is 7.90. The summed E-state index contributed by atoms with van der Waals surface area (Å²) in [6.07, 6.45) is 0.776. The van der Waals surface area contributed by atoms with Crippen molar-refractivity contribution in [1.82, 2.24) is 0 Å². The standard InChI is InChI=1S/C9H9BrN2O3/c1-15-8-3-2-6(4-7(8)10)12-9(13)5-11-14/h2-5,14H,1H3,(H,12,13). The van der Waals surface area contributed by atoms with Gasteiger partial charge in [0.2, 0.25) is 0 Å². The Morgan fingerprint density at radius 2 is 2.40 bits per heavy atom. The van der Waals surface area contributed by atoms with Gasteiger partial charge in [-0.1, -0.05) is 5.16 Å². The number of carbonyl (C=O) groups excluding carboxylic acids is 1.